The molecule has 146 valence electrons. The number of hydrogen-bond donors (Lipinski definition) is 1. The number of furan rings is 1. The van der Waals surface area contributed by atoms with E-state index in [0.717, 1.165) is 6.42 Å². The van der Waals surface area contributed by atoms with E-state index in [0.29, 0.717) is 35.4 Å². The third-order valence-electron chi connectivity index (χ3n) is 7.05. The highest BCUT2D eigenvalue weighted by atomic mass is 16.3. The zero-order chi connectivity index (χ0) is 19.7. The molecule has 0 spiro atoms. The maximum absolute atomic E-state index is 13.1. The largest absolute Gasteiger partial charge is 0.467 e. The van der Waals surface area contributed by atoms with Gasteiger partial charge >= 0.3 is 0 Å². The SMILES string of the molecule is O=C(NCc1ccco1)c1ccc(N2C(=O)[C@@H]3[C@H]4C=C[C@@H]([C@@H]5C[C@H]45)[C@H]3C2=O)cc1. The summed E-state index contributed by atoms with van der Waals surface area (Å²) in [5.74, 6) is 1.45. The summed E-state index contributed by atoms with van der Waals surface area (Å²) in [6, 6.07) is 10.2. The van der Waals surface area contributed by atoms with Crippen molar-refractivity contribution in [2.45, 2.75) is 13.0 Å². The van der Waals surface area contributed by atoms with Crippen molar-refractivity contribution in [3.8, 4) is 0 Å². The summed E-state index contributed by atoms with van der Waals surface area (Å²) in [5, 5.41) is 2.79. The van der Waals surface area contributed by atoms with Crippen LogP contribution in [0.3, 0.4) is 0 Å². The van der Waals surface area contributed by atoms with Gasteiger partial charge in [0.15, 0.2) is 0 Å². The van der Waals surface area contributed by atoms with Gasteiger partial charge in [0.1, 0.15) is 5.76 Å². The number of nitrogens with one attached hydrogen (secondary N) is 1. The Morgan fingerprint density at radius 1 is 1.00 bits per heavy atom. The first-order chi connectivity index (χ1) is 14.1. The number of nitrogens with zero attached hydrogens (tertiary/aromatic N) is 1. The van der Waals surface area contributed by atoms with E-state index in [4.69, 9.17) is 4.42 Å². The molecule has 2 bridgehead atoms. The molecular formula is C23H20N2O4. The Morgan fingerprint density at radius 3 is 2.24 bits per heavy atom. The molecule has 1 aliphatic heterocycles. The number of rotatable bonds is 4. The number of benzene rings is 1. The van der Waals surface area contributed by atoms with Crippen LogP contribution in [-0.2, 0) is 16.1 Å². The molecule has 6 atom stereocenters. The zero-order valence-corrected chi connectivity index (χ0v) is 15.7. The molecular weight excluding hydrogens is 368 g/mol. The van der Waals surface area contributed by atoms with Gasteiger partial charge < -0.3 is 9.73 Å². The van der Waals surface area contributed by atoms with Gasteiger partial charge in [0.05, 0.1) is 30.3 Å². The van der Waals surface area contributed by atoms with E-state index in [1.165, 1.54) is 4.90 Å². The number of anilines is 1. The fourth-order valence-electron chi connectivity index (χ4n) is 5.66. The molecule has 1 aromatic carbocycles. The predicted molar refractivity (Wildman–Crippen MR) is 104 cm³/mol. The molecule has 0 unspecified atom stereocenters. The highest BCUT2D eigenvalue weighted by molar-refractivity contribution is 6.22. The minimum atomic E-state index is -0.233. The van der Waals surface area contributed by atoms with Crippen molar-refractivity contribution in [3.05, 3.63) is 66.1 Å². The Bertz CT molecular complexity index is 1000. The van der Waals surface area contributed by atoms with E-state index in [9.17, 15) is 14.4 Å². The van der Waals surface area contributed by atoms with E-state index < -0.39 is 0 Å². The first kappa shape index (κ1) is 16.8. The highest BCUT2D eigenvalue weighted by Gasteiger charge is 2.67. The molecule has 6 nitrogen and oxygen atoms in total. The molecule has 5 aliphatic rings. The van der Waals surface area contributed by atoms with Crippen LogP contribution >= 0.6 is 0 Å². The second-order valence-corrected chi connectivity index (χ2v) is 8.48. The molecule has 7 rings (SSSR count). The fraction of sp³-hybridized carbons (Fsp3) is 0.348. The van der Waals surface area contributed by atoms with Gasteiger partial charge in [0, 0.05) is 5.56 Å². The van der Waals surface area contributed by atoms with Gasteiger partial charge in [-0.05, 0) is 66.5 Å². The first-order valence-corrected chi connectivity index (χ1v) is 10.1. The van der Waals surface area contributed by atoms with Crippen LogP contribution in [0.5, 0.6) is 0 Å². The molecule has 1 aromatic heterocycles. The van der Waals surface area contributed by atoms with Crippen LogP contribution in [0.15, 0.2) is 59.2 Å². The Kier molecular flexibility index (Phi) is 3.43. The minimum absolute atomic E-state index is 0.0836. The van der Waals surface area contributed by atoms with E-state index in [-0.39, 0.29) is 41.4 Å². The van der Waals surface area contributed by atoms with Gasteiger partial charge in [-0.1, -0.05) is 12.2 Å². The smallest absolute Gasteiger partial charge is 0.251 e. The Balaban J connectivity index is 1.21. The lowest BCUT2D eigenvalue weighted by Gasteiger charge is -2.37. The normalized spacial score (nSPS) is 33.6. The van der Waals surface area contributed by atoms with Crippen molar-refractivity contribution in [1.82, 2.24) is 5.32 Å². The summed E-state index contributed by atoms with van der Waals surface area (Å²) in [5.41, 5.74) is 1.02. The van der Waals surface area contributed by atoms with E-state index in [1.807, 2.05) is 0 Å². The van der Waals surface area contributed by atoms with E-state index in [2.05, 4.69) is 17.5 Å². The second-order valence-electron chi connectivity index (χ2n) is 8.48. The average molecular weight is 388 g/mol. The number of hydrogen-bond acceptors (Lipinski definition) is 4. The number of allylic oxidation sites excluding steroid dienone is 2. The zero-order valence-electron chi connectivity index (χ0n) is 15.7. The van der Waals surface area contributed by atoms with Crippen LogP contribution < -0.4 is 10.2 Å². The Hall–Kier alpha value is -3.15. The average Bonchev–Trinajstić information content (AvgIpc) is 3.33. The van der Waals surface area contributed by atoms with Crippen LogP contribution in [0.4, 0.5) is 5.69 Å². The molecule has 3 amide bonds. The summed E-state index contributed by atoms with van der Waals surface area (Å²) >= 11 is 0. The molecule has 2 heterocycles. The third kappa shape index (κ3) is 2.38. The number of carbonyl (C=O) groups is 3. The highest BCUT2D eigenvalue weighted by Crippen LogP contribution is 2.65. The van der Waals surface area contributed by atoms with Crippen molar-refractivity contribution >= 4 is 23.4 Å². The van der Waals surface area contributed by atoms with Gasteiger partial charge in [-0.3, -0.25) is 19.3 Å². The summed E-state index contributed by atoms with van der Waals surface area (Å²) in [7, 11) is 0. The van der Waals surface area contributed by atoms with Crippen LogP contribution in [0.1, 0.15) is 22.5 Å². The molecule has 2 aromatic rings. The fourth-order valence-corrected chi connectivity index (χ4v) is 5.66. The van der Waals surface area contributed by atoms with Crippen molar-refractivity contribution in [2.24, 2.45) is 35.5 Å². The summed E-state index contributed by atoms with van der Waals surface area (Å²) in [4.78, 5) is 40.0. The second kappa shape index (κ2) is 5.92. The van der Waals surface area contributed by atoms with Crippen molar-refractivity contribution in [1.29, 1.82) is 0 Å². The quantitative estimate of drug-likeness (QED) is 0.645. The molecule has 2 saturated carbocycles. The van der Waals surface area contributed by atoms with Crippen LogP contribution in [0, 0.1) is 35.5 Å². The summed E-state index contributed by atoms with van der Waals surface area (Å²) < 4.78 is 5.21. The van der Waals surface area contributed by atoms with Crippen LogP contribution in [0.25, 0.3) is 0 Å². The third-order valence-corrected chi connectivity index (χ3v) is 7.05. The summed E-state index contributed by atoms with van der Waals surface area (Å²) in [6.07, 6.45) is 7.04. The molecule has 3 fully saturated rings. The van der Waals surface area contributed by atoms with Crippen molar-refractivity contribution in [3.63, 3.8) is 0 Å². The van der Waals surface area contributed by atoms with Gasteiger partial charge in [-0.25, -0.2) is 0 Å². The van der Waals surface area contributed by atoms with Crippen LogP contribution in [0.2, 0.25) is 0 Å². The van der Waals surface area contributed by atoms with E-state index in [1.54, 1.807) is 42.7 Å². The van der Waals surface area contributed by atoms with Gasteiger partial charge in [-0.15, -0.1) is 0 Å². The Labute approximate surface area is 167 Å². The van der Waals surface area contributed by atoms with E-state index >= 15 is 0 Å². The standard InChI is InChI=1S/C23H20N2O4/c26-21(24-11-14-2-1-9-29-14)12-3-5-13(6-4-12)25-22(27)19-15-7-8-16(18-10-17(15)18)20(19)23(25)28/h1-9,15-20H,10-11H2,(H,24,26)/t15-,16-,17-,18+,19+,20+/m0/s1. The molecule has 1 N–H and O–H groups in total. The number of amides is 3. The van der Waals surface area contributed by atoms with Gasteiger partial charge in [0.25, 0.3) is 5.91 Å². The number of imide groups is 1. The molecule has 29 heavy (non-hydrogen) atoms. The molecule has 4 aliphatic carbocycles. The lowest BCUT2D eigenvalue weighted by atomic mass is 9.63. The lowest BCUT2D eigenvalue weighted by molar-refractivity contribution is -0.124. The monoisotopic (exact) mass is 388 g/mol. The summed E-state index contributed by atoms with van der Waals surface area (Å²) in [6.45, 7) is 0.304. The van der Waals surface area contributed by atoms with Gasteiger partial charge in [-0.2, -0.15) is 0 Å². The predicted octanol–water partition coefficient (Wildman–Crippen LogP) is 2.77. The topological polar surface area (TPSA) is 79.6 Å². The maximum atomic E-state index is 13.1. The molecule has 6 heteroatoms. The molecule has 0 radical (unpaired) electrons. The van der Waals surface area contributed by atoms with Crippen molar-refractivity contribution in [2.75, 3.05) is 4.90 Å². The lowest BCUT2D eigenvalue weighted by Crippen LogP contribution is -2.40. The van der Waals surface area contributed by atoms with Gasteiger partial charge in [0.2, 0.25) is 11.8 Å². The molecule has 1 saturated heterocycles. The van der Waals surface area contributed by atoms with Crippen molar-refractivity contribution < 1.29 is 18.8 Å². The minimum Gasteiger partial charge on any atom is -0.467 e. The Morgan fingerprint density at radius 2 is 1.66 bits per heavy atom. The van der Waals surface area contributed by atoms with Crippen LogP contribution in [-0.4, -0.2) is 17.7 Å². The first-order valence-electron chi connectivity index (χ1n) is 10.1. The maximum Gasteiger partial charge on any atom is 0.251 e. The number of carbonyl (C=O) groups excluding carboxylic acids is 3.